The third-order valence-corrected chi connectivity index (χ3v) is 3.02. The smallest absolute Gasteiger partial charge is 0.226 e. The van der Waals surface area contributed by atoms with Crippen molar-refractivity contribution in [2.75, 3.05) is 19.6 Å². The van der Waals surface area contributed by atoms with Gasteiger partial charge in [0, 0.05) is 31.6 Å². The molecule has 1 saturated carbocycles. The predicted molar refractivity (Wildman–Crippen MR) is 51.5 cm³/mol. The van der Waals surface area contributed by atoms with E-state index in [4.69, 9.17) is 0 Å². The van der Waals surface area contributed by atoms with Gasteiger partial charge in [-0.2, -0.15) is 0 Å². The van der Waals surface area contributed by atoms with Gasteiger partial charge in [0.1, 0.15) is 0 Å². The van der Waals surface area contributed by atoms with Gasteiger partial charge >= 0.3 is 0 Å². The highest BCUT2D eigenvalue weighted by atomic mass is 16.2. The fourth-order valence-corrected chi connectivity index (χ4v) is 1.97. The van der Waals surface area contributed by atoms with E-state index in [1.165, 1.54) is 0 Å². The lowest BCUT2D eigenvalue weighted by Crippen LogP contribution is -2.53. The first-order valence-electron chi connectivity index (χ1n) is 5.22. The average molecular weight is 196 g/mol. The van der Waals surface area contributed by atoms with Crippen molar-refractivity contribution in [1.29, 1.82) is 0 Å². The number of piperazine rings is 1. The van der Waals surface area contributed by atoms with Crippen LogP contribution >= 0.6 is 0 Å². The van der Waals surface area contributed by atoms with E-state index in [0.29, 0.717) is 31.5 Å². The summed E-state index contributed by atoms with van der Waals surface area (Å²) in [5, 5.41) is 0. The molecule has 0 aromatic rings. The van der Waals surface area contributed by atoms with Crippen LogP contribution in [0.1, 0.15) is 19.8 Å². The number of nitrogens with zero attached hydrogens (tertiary/aromatic N) is 2. The van der Waals surface area contributed by atoms with E-state index < -0.39 is 0 Å². The summed E-state index contributed by atoms with van der Waals surface area (Å²) in [6.07, 6.45) is 2.98. The summed E-state index contributed by atoms with van der Waals surface area (Å²) in [7, 11) is 0. The molecule has 2 aliphatic rings. The molecule has 4 heteroatoms. The quantitative estimate of drug-likeness (QED) is 0.587. The van der Waals surface area contributed by atoms with E-state index in [0.717, 1.165) is 19.3 Å². The molecule has 1 aliphatic heterocycles. The number of carbonyl (C=O) groups excluding carboxylic acids is 2. The lowest BCUT2D eigenvalue weighted by molar-refractivity contribution is -0.139. The Morgan fingerprint density at radius 1 is 1.36 bits per heavy atom. The molecule has 0 spiro atoms. The van der Waals surface area contributed by atoms with Gasteiger partial charge in [0.05, 0.1) is 0 Å². The van der Waals surface area contributed by atoms with Crippen LogP contribution in [0.2, 0.25) is 0 Å². The van der Waals surface area contributed by atoms with E-state index in [1.54, 1.807) is 4.90 Å². The van der Waals surface area contributed by atoms with Gasteiger partial charge in [-0.15, -0.1) is 0 Å². The molecule has 1 saturated heterocycles. The van der Waals surface area contributed by atoms with Crippen LogP contribution in [-0.2, 0) is 9.59 Å². The molecule has 14 heavy (non-hydrogen) atoms. The minimum absolute atomic E-state index is 0.182. The van der Waals surface area contributed by atoms with Crippen LogP contribution in [0.15, 0.2) is 0 Å². The molecule has 0 radical (unpaired) electrons. The van der Waals surface area contributed by atoms with Crippen LogP contribution in [0.4, 0.5) is 0 Å². The maximum atomic E-state index is 11.8. The monoisotopic (exact) mass is 196 g/mol. The van der Waals surface area contributed by atoms with Gasteiger partial charge in [0.25, 0.3) is 0 Å². The van der Waals surface area contributed by atoms with Gasteiger partial charge < -0.3 is 9.80 Å². The standard InChI is InChI=1S/C10H16N2O2/c1-8-6-11(7-13)4-5-12(8)10(14)9-2-3-9/h7-9H,2-6H2,1H3/t8-/m1/s1. The Labute approximate surface area is 83.9 Å². The van der Waals surface area contributed by atoms with Crippen LogP contribution in [-0.4, -0.2) is 47.8 Å². The van der Waals surface area contributed by atoms with E-state index in [1.807, 2.05) is 11.8 Å². The van der Waals surface area contributed by atoms with Gasteiger partial charge in [0.15, 0.2) is 0 Å². The SMILES string of the molecule is C[C@@H]1CN(C=O)CCN1C(=O)C1CC1. The molecular weight excluding hydrogens is 180 g/mol. The van der Waals surface area contributed by atoms with Crippen molar-refractivity contribution in [3.05, 3.63) is 0 Å². The molecule has 0 bridgehead atoms. The molecule has 4 nitrogen and oxygen atoms in total. The first kappa shape index (κ1) is 9.49. The topological polar surface area (TPSA) is 40.6 Å². The zero-order valence-electron chi connectivity index (χ0n) is 8.48. The van der Waals surface area contributed by atoms with Gasteiger partial charge in [-0.3, -0.25) is 9.59 Å². The number of rotatable bonds is 2. The maximum Gasteiger partial charge on any atom is 0.226 e. The predicted octanol–water partition coefficient (Wildman–Crippen LogP) is 0.0855. The number of carbonyl (C=O) groups is 2. The Morgan fingerprint density at radius 3 is 2.57 bits per heavy atom. The third kappa shape index (κ3) is 1.74. The van der Waals surface area contributed by atoms with Gasteiger partial charge in [-0.05, 0) is 19.8 Å². The first-order valence-corrected chi connectivity index (χ1v) is 5.22. The van der Waals surface area contributed by atoms with E-state index in [2.05, 4.69) is 0 Å². The van der Waals surface area contributed by atoms with Crippen molar-refractivity contribution in [1.82, 2.24) is 9.80 Å². The minimum Gasteiger partial charge on any atom is -0.341 e. The molecule has 0 unspecified atom stereocenters. The molecule has 2 fully saturated rings. The normalized spacial score (nSPS) is 27.6. The average Bonchev–Trinajstić information content (AvgIpc) is 3.00. The summed E-state index contributed by atoms with van der Waals surface area (Å²) in [5.41, 5.74) is 0. The summed E-state index contributed by atoms with van der Waals surface area (Å²) in [5.74, 6) is 0.586. The second kappa shape index (κ2) is 3.59. The highest BCUT2D eigenvalue weighted by molar-refractivity contribution is 5.81. The van der Waals surface area contributed by atoms with Crippen LogP contribution < -0.4 is 0 Å². The Kier molecular flexibility index (Phi) is 2.44. The van der Waals surface area contributed by atoms with Crippen molar-refractivity contribution in [3.63, 3.8) is 0 Å². The van der Waals surface area contributed by atoms with E-state index in [9.17, 15) is 9.59 Å². The second-order valence-electron chi connectivity index (χ2n) is 4.26. The molecule has 2 rings (SSSR count). The second-order valence-corrected chi connectivity index (χ2v) is 4.26. The highest BCUT2D eigenvalue weighted by Crippen LogP contribution is 2.32. The van der Waals surface area contributed by atoms with Crippen molar-refractivity contribution >= 4 is 12.3 Å². The maximum absolute atomic E-state index is 11.8. The highest BCUT2D eigenvalue weighted by Gasteiger charge is 2.36. The molecule has 0 N–H and O–H groups in total. The zero-order chi connectivity index (χ0) is 10.1. The summed E-state index contributed by atoms with van der Waals surface area (Å²) in [6.45, 7) is 4.08. The third-order valence-electron chi connectivity index (χ3n) is 3.02. The molecule has 1 heterocycles. The summed E-state index contributed by atoms with van der Waals surface area (Å²) < 4.78 is 0. The summed E-state index contributed by atoms with van der Waals surface area (Å²) in [6, 6.07) is 0.182. The van der Waals surface area contributed by atoms with Gasteiger partial charge in [-0.25, -0.2) is 0 Å². The lowest BCUT2D eigenvalue weighted by atomic mass is 10.2. The first-order chi connectivity index (χ1) is 6.72. The van der Waals surface area contributed by atoms with E-state index >= 15 is 0 Å². The van der Waals surface area contributed by atoms with Crippen molar-refractivity contribution < 1.29 is 9.59 Å². The Bertz CT molecular complexity index is 251. The largest absolute Gasteiger partial charge is 0.341 e. The zero-order valence-corrected chi connectivity index (χ0v) is 8.48. The Balaban J connectivity index is 1.93. The van der Waals surface area contributed by atoms with Crippen molar-refractivity contribution in [2.45, 2.75) is 25.8 Å². The Morgan fingerprint density at radius 2 is 2.07 bits per heavy atom. The number of hydrogen-bond acceptors (Lipinski definition) is 2. The number of hydrogen-bond donors (Lipinski definition) is 0. The molecule has 78 valence electrons. The molecule has 0 aromatic heterocycles. The van der Waals surface area contributed by atoms with Gasteiger partial charge in [-0.1, -0.05) is 0 Å². The van der Waals surface area contributed by atoms with Crippen LogP contribution in [0.3, 0.4) is 0 Å². The van der Waals surface area contributed by atoms with Crippen LogP contribution in [0, 0.1) is 5.92 Å². The fourth-order valence-electron chi connectivity index (χ4n) is 1.97. The molecule has 0 aromatic carbocycles. The Hall–Kier alpha value is -1.06. The van der Waals surface area contributed by atoms with Crippen LogP contribution in [0.5, 0.6) is 0 Å². The lowest BCUT2D eigenvalue weighted by Gasteiger charge is -2.38. The molecule has 1 atom stereocenters. The number of amides is 2. The molecular formula is C10H16N2O2. The minimum atomic E-state index is 0.182. The van der Waals surface area contributed by atoms with Crippen LogP contribution in [0.25, 0.3) is 0 Å². The van der Waals surface area contributed by atoms with E-state index in [-0.39, 0.29) is 6.04 Å². The summed E-state index contributed by atoms with van der Waals surface area (Å²) >= 11 is 0. The summed E-state index contributed by atoms with van der Waals surface area (Å²) in [4.78, 5) is 26.0. The fraction of sp³-hybridized carbons (Fsp3) is 0.800. The molecule has 1 aliphatic carbocycles. The van der Waals surface area contributed by atoms with Crippen molar-refractivity contribution in [3.8, 4) is 0 Å². The van der Waals surface area contributed by atoms with Gasteiger partial charge in [0.2, 0.25) is 12.3 Å². The molecule has 2 amide bonds. The van der Waals surface area contributed by atoms with Crippen molar-refractivity contribution in [2.24, 2.45) is 5.92 Å².